The molecule has 0 aliphatic heterocycles. The predicted octanol–water partition coefficient (Wildman–Crippen LogP) is 5.18. The van der Waals surface area contributed by atoms with Crippen LogP contribution in [0.4, 0.5) is 4.79 Å². The Morgan fingerprint density at radius 3 is 2.69 bits per heavy atom. The molecule has 6 heteroatoms. The minimum Gasteiger partial charge on any atom is -0.410 e. The normalized spacial score (nSPS) is 32.8. The number of halogens is 2. The first-order chi connectivity index (χ1) is 14.0. The molecule has 0 unspecified atom stereocenters. The number of carbonyl (C=O) groups is 1. The number of amides is 1. The van der Waals surface area contributed by atoms with Crippen molar-refractivity contribution in [2.75, 3.05) is 24.8 Å². The van der Waals surface area contributed by atoms with E-state index in [2.05, 4.69) is 13.0 Å². The lowest BCUT2D eigenvalue weighted by molar-refractivity contribution is -0.0226. The fourth-order valence-corrected chi connectivity index (χ4v) is 6.67. The van der Waals surface area contributed by atoms with Crippen LogP contribution in [0.2, 0.25) is 0 Å². The Balaban J connectivity index is 1.49. The van der Waals surface area contributed by atoms with Gasteiger partial charge in [-0.2, -0.15) is 0 Å². The van der Waals surface area contributed by atoms with Gasteiger partial charge in [0.1, 0.15) is 5.75 Å². The molecule has 1 aromatic carbocycles. The van der Waals surface area contributed by atoms with Crippen LogP contribution < -0.4 is 4.74 Å². The van der Waals surface area contributed by atoms with Crippen molar-refractivity contribution in [3.63, 3.8) is 0 Å². The molecule has 0 saturated heterocycles. The molecule has 5 atom stereocenters. The van der Waals surface area contributed by atoms with Gasteiger partial charge in [0.05, 0.1) is 6.10 Å². The number of hydrogen-bond donors (Lipinski definition) is 1. The standard InChI is InChI=1S/C23H31Cl2NO3/c1-23-9-8-18-17-5-3-16(29-22(28)26(12-10-24)13-11-25)14-15(17)2-4-19(18)20(23)6-7-21(23)27/h3,5,14,18-21,27H,2,4,6-13H2,1H3/t18-,19-,20-,21-,23-/m0/s1. The second kappa shape index (κ2) is 8.64. The fourth-order valence-electron chi connectivity index (χ4n) is 6.26. The van der Waals surface area contributed by atoms with Gasteiger partial charge in [0, 0.05) is 24.8 Å². The molecule has 0 bridgehead atoms. The lowest BCUT2D eigenvalue weighted by Crippen LogP contribution is -2.43. The van der Waals surface area contributed by atoms with Crippen molar-refractivity contribution < 1.29 is 14.6 Å². The van der Waals surface area contributed by atoms with Gasteiger partial charge in [0.15, 0.2) is 0 Å². The first kappa shape index (κ1) is 21.3. The summed E-state index contributed by atoms with van der Waals surface area (Å²) in [4.78, 5) is 14.0. The van der Waals surface area contributed by atoms with Crippen LogP contribution in [-0.4, -0.2) is 47.1 Å². The zero-order valence-corrected chi connectivity index (χ0v) is 18.6. The van der Waals surface area contributed by atoms with Gasteiger partial charge < -0.3 is 14.7 Å². The Hall–Kier alpha value is -0.970. The van der Waals surface area contributed by atoms with E-state index in [1.54, 1.807) is 4.90 Å². The van der Waals surface area contributed by atoms with E-state index in [9.17, 15) is 9.90 Å². The number of aliphatic hydroxyl groups excluding tert-OH is 1. The van der Waals surface area contributed by atoms with Gasteiger partial charge in [0.2, 0.25) is 0 Å². The molecule has 2 saturated carbocycles. The highest BCUT2D eigenvalue weighted by Crippen LogP contribution is 2.60. The van der Waals surface area contributed by atoms with Crippen molar-refractivity contribution in [1.29, 1.82) is 0 Å². The molecule has 1 amide bonds. The van der Waals surface area contributed by atoms with Crippen LogP contribution in [0, 0.1) is 17.3 Å². The third-order valence-electron chi connectivity index (χ3n) is 7.82. The highest BCUT2D eigenvalue weighted by Gasteiger charge is 2.54. The van der Waals surface area contributed by atoms with Crippen LogP contribution >= 0.6 is 23.2 Å². The van der Waals surface area contributed by atoms with Crippen molar-refractivity contribution in [2.24, 2.45) is 17.3 Å². The molecule has 3 aliphatic carbocycles. The first-order valence-electron chi connectivity index (χ1n) is 10.9. The van der Waals surface area contributed by atoms with Crippen LogP contribution in [0.25, 0.3) is 0 Å². The third kappa shape index (κ3) is 3.88. The Labute approximate surface area is 183 Å². The van der Waals surface area contributed by atoms with E-state index in [4.69, 9.17) is 27.9 Å². The maximum absolute atomic E-state index is 12.4. The molecule has 29 heavy (non-hydrogen) atoms. The van der Waals surface area contributed by atoms with E-state index in [-0.39, 0.29) is 11.5 Å². The number of aryl methyl sites for hydroxylation is 1. The lowest BCUT2D eigenvalue weighted by atomic mass is 9.55. The second-order valence-electron chi connectivity index (χ2n) is 9.15. The van der Waals surface area contributed by atoms with Crippen LogP contribution in [0.5, 0.6) is 5.75 Å². The maximum Gasteiger partial charge on any atom is 0.415 e. The molecule has 160 valence electrons. The molecule has 4 nitrogen and oxygen atoms in total. The molecule has 0 radical (unpaired) electrons. The summed E-state index contributed by atoms with van der Waals surface area (Å²) < 4.78 is 5.62. The average molecular weight is 440 g/mol. The zero-order valence-electron chi connectivity index (χ0n) is 17.1. The molecule has 1 aromatic rings. The Morgan fingerprint density at radius 2 is 1.97 bits per heavy atom. The molecule has 4 rings (SSSR count). The number of carbonyl (C=O) groups excluding carboxylic acids is 1. The second-order valence-corrected chi connectivity index (χ2v) is 9.90. The summed E-state index contributed by atoms with van der Waals surface area (Å²) in [5.74, 6) is 3.16. The topological polar surface area (TPSA) is 49.8 Å². The number of ether oxygens (including phenoxy) is 1. The summed E-state index contributed by atoms with van der Waals surface area (Å²) in [6.45, 7) is 3.15. The molecule has 0 spiro atoms. The van der Waals surface area contributed by atoms with Gasteiger partial charge in [-0.25, -0.2) is 4.79 Å². The summed E-state index contributed by atoms with van der Waals surface area (Å²) in [6.07, 6.45) is 5.98. The molecule has 2 fully saturated rings. The van der Waals surface area contributed by atoms with Gasteiger partial charge in [-0.3, -0.25) is 0 Å². The van der Waals surface area contributed by atoms with Crippen molar-refractivity contribution in [3.8, 4) is 5.75 Å². The highest BCUT2D eigenvalue weighted by molar-refractivity contribution is 6.18. The third-order valence-corrected chi connectivity index (χ3v) is 8.16. The van der Waals surface area contributed by atoms with Crippen LogP contribution in [0.3, 0.4) is 0 Å². The Kier molecular flexibility index (Phi) is 6.34. The number of aliphatic hydroxyl groups is 1. The van der Waals surface area contributed by atoms with Gasteiger partial charge >= 0.3 is 6.09 Å². The molecule has 0 aromatic heterocycles. The predicted molar refractivity (Wildman–Crippen MR) is 116 cm³/mol. The Bertz CT molecular complexity index is 752. The monoisotopic (exact) mass is 439 g/mol. The molecular weight excluding hydrogens is 409 g/mol. The zero-order chi connectivity index (χ0) is 20.6. The van der Waals surface area contributed by atoms with Gasteiger partial charge in [-0.15, -0.1) is 23.2 Å². The molecule has 3 aliphatic rings. The smallest absolute Gasteiger partial charge is 0.410 e. The minimum absolute atomic E-state index is 0.0996. The SMILES string of the molecule is C[C@]12CC[C@H]3c4ccc(OC(=O)N(CCCl)CCCl)cc4CC[C@@H]3[C@@H]1CC[C@@H]2O. The Morgan fingerprint density at radius 1 is 1.21 bits per heavy atom. The van der Waals surface area contributed by atoms with Crippen molar-refractivity contribution in [1.82, 2.24) is 4.90 Å². The van der Waals surface area contributed by atoms with E-state index in [1.165, 1.54) is 11.1 Å². The number of nitrogens with zero attached hydrogens (tertiary/aromatic N) is 1. The number of benzene rings is 1. The summed E-state index contributed by atoms with van der Waals surface area (Å²) in [7, 11) is 0. The summed E-state index contributed by atoms with van der Waals surface area (Å²) in [5.41, 5.74) is 2.82. The van der Waals surface area contributed by atoms with Gasteiger partial charge in [-0.1, -0.05) is 13.0 Å². The van der Waals surface area contributed by atoms with Gasteiger partial charge in [-0.05, 0) is 85.0 Å². The molecular formula is C23H31Cl2NO3. The van der Waals surface area contributed by atoms with Crippen molar-refractivity contribution in [2.45, 2.75) is 57.5 Å². The van der Waals surface area contributed by atoms with Crippen LogP contribution in [0.15, 0.2) is 18.2 Å². The average Bonchev–Trinajstić information content (AvgIpc) is 3.02. The van der Waals surface area contributed by atoms with E-state index in [1.807, 2.05) is 12.1 Å². The summed E-state index contributed by atoms with van der Waals surface area (Å²) in [5, 5.41) is 10.5. The van der Waals surface area contributed by atoms with Crippen LogP contribution in [-0.2, 0) is 6.42 Å². The minimum atomic E-state index is -0.395. The lowest BCUT2D eigenvalue weighted by Gasteiger charge is -2.50. The summed E-state index contributed by atoms with van der Waals surface area (Å²) >= 11 is 11.6. The van der Waals surface area contributed by atoms with E-state index >= 15 is 0 Å². The fraction of sp³-hybridized carbons (Fsp3) is 0.696. The number of rotatable bonds is 5. The number of fused-ring (bicyclic) bond motifs is 5. The summed E-state index contributed by atoms with van der Waals surface area (Å²) in [6, 6.07) is 6.13. The quantitative estimate of drug-likeness (QED) is 0.642. The van der Waals surface area contributed by atoms with Gasteiger partial charge in [0.25, 0.3) is 0 Å². The van der Waals surface area contributed by atoms with E-state index < -0.39 is 6.09 Å². The van der Waals surface area contributed by atoms with Crippen LogP contribution in [0.1, 0.15) is 56.1 Å². The largest absolute Gasteiger partial charge is 0.415 e. The first-order valence-corrected chi connectivity index (χ1v) is 11.9. The van der Waals surface area contributed by atoms with E-state index in [0.717, 1.165) is 38.5 Å². The number of hydrogen-bond acceptors (Lipinski definition) is 3. The highest BCUT2D eigenvalue weighted by atomic mass is 35.5. The number of alkyl halides is 2. The van der Waals surface area contributed by atoms with Crippen molar-refractivity contribution in [3.05, 3.63) is 29.3 Å². The maximum atomic E-state index is 12.4. The molecule has 0 heterocycles. The molecule has 1 N–H and O–H groups in total. The van der Waals surface area contributed by atoms with E-state index in [0.29, 0.717) is 48.4 Å². The van der Waals surface area contributed by atoms with Crippen molar-refractivity contribution >= 4 is 29.3 Å².